The first-order valence-electron chi connectivity index (χ1n) is 6.28. The Morgan fingerprint density at radius 2 is 2.16 bits per heavy atom. The standard InChI is InChI=1S/C14H16N4O/c1-9-7-10-5-3-4-6-12(10)18(9)14(19)13-11(15)8-16-17(13)2/h3-6,8-9H,7,15H2,1-2H3. The molecule has 1 amide bonds. The van der Waals surface area contributed by atoms with E-state index in [1.165, 1.54) is 16.4 Å². The Hall–Kier alpha value is -2.30. The van der Waals surface area contributed by atoms with Gasteiger partial charge in [-0.25, -0.2) is 0 Å². The van der Waals surface area contributed by atoms with Crippen molar-refractivity contribution in [3.05, 3.63) is 41.7 Å². The van der Waals surface area contributed by atoms with Crippen LogP contribution in [0.3, 0.4) is 0 Å². The van der Waals surface area contributed by atoms with Crippen molar-refractivity contribution in [1.29, 1.82) is 0 Å². The van der Waals surface area contributed by atoms with Crippen molar-refractivity contribution >= 4 is 17.3 Å². The van der Waals surface area contributed by atoms with Crippen LogP contribution in [0.15, 0.2) is 30.5 Å². The van der Waals surface area contributed by atoms with Gasteiger partial charge in [0, 0.05) is 18.8 Å². The van der Waals surface area contributed by atoms with Crippen LogP contribution in [-0.4, -0.2) is 21.7 Å². The Morgan fingerprint density at radius 1 is 1.42 bits per heavy atom. The molecule has 1 aliphatic heterocycles. The fourth-order valence-corrected chi connectivity index (χ4v) is 2.71. The number of nitrogens with two attached hydrogens (primary N) is 1. The highest BCUT2D eigenvalue weighted by atomic mass is 16.2. The second-order valence-electron chi connectivity index (χ2n) is 4.93. The Morgan fingerprint density at radius 3 is 2.84 bits per heavy atom. The van der Waals surface area contributed by atoms with E-state index in [0.29, 0.717) is 11.4 Å². The molecule has 1 unspecified atom stereocenters. The number of fused-ring (bicyclic) bond motifs is 1. The maximum Gasteiger partial charge on any atom is 0.278 e. The van der Waals surface area contributed by atoms with Gasteiger partial charge in [-0.05, 0) is 25.0 Å². The van der Waals surface area contributed by atoms with Crippen LogP contribution in [-0.2, 0) is 13.5 Å². The Balaban J connectivity index is 2.06. The number of aromatic nitrogens is 2. The predicted octanol–water partition coefficient (Wildman–Crippen LogP) is 1.59. The number of aryl methyl sites for hydroxylation is 1. The van der Waals surface area contributed by atoms with E-state index in [2.05, 4.69) is 11.2 Å². The first-order chi connectivity index (χ1) is 9.09. The molecule has 2 N–H and O–H groups in total. The quantitative estimate of drug-likeness (QED) is 0.842. The van der Waals surface area contributed by atoms with Gasteiger partial charge in [0.2, 0.25) is 0 Å². The predicted molar refractivity (Wildman–Crippen MR) is 74.0 cm³/mol. The molecule has 0 saturated heterocycles. The molecular weight excluding hydrogens is 240 g/mol. The molecule has 2 aromatic rings. The lowest BCUT2D eigenvalue weighted by atomic mass is 10.1. The molecule has 1 aromatic heterocycles. The minimum Gasteiger partial charge on any atom is -0.396 e. The summed E-state index contributed by atoms with van der Waals surface area (Å²) in [5.74, 6) is -0.0880. The normalized spacial score (nSPS) is 17.6. The van der Waals surface area contributed by atoms with Crippen LogP contribution in [0.4, 0.5) is 11.4 Å². The zero-order valence-electron chi connectivity index (χ0n) is 11.0. The average molecular weight is 256 g/mol. The number of nitrogen functional groups attached to an aromatic ring is 1. The van der Waals surface area contributed by atoms with Crippen LogP contribution in [0.25, 0.3) is 0 Å². The number of anilines is 2. The smallest absolute Gasteiger partial charge is 0.278 e. The molecule has 3 rings (SSSR count). The van der Waals surface area contributed by atoms with Crippen LogP contribution in [0.2, 0.25) is 0 Å². The summed E-state index contributed by atoms with van der Waals surface area (Å²) >= 11 is 0. The molecule has 19 heavy (non-hydrogen) atoms. The molecule has 1 aromatic carbocycles. The number of amides is 1. The van der Waals surface area contributed by atoms with Crippen molar-refractivity contribution in [3.63, 3.8) is 0 Å². The lowest BCUT2D eigenvalue weighted by Crippen LogP contribution is -2.37. The maximum absolute atomic E-state index is 12.7. The van der Waals surface area contributed by atoms with Gasteiger partial charge in [0.15, 0.2) is 0 Å². The van der Waals surface area contributed by atoms with Crippen molar-refractivity contribution in [1.82, 2.24) is 9.78 Å². The van der Waals surface area contributed by atoms with Crippen molar-refractivity contribution in [2.45, 2.75) is 19.4 Å². The van der Waals surface area contributed by atoms with E-state index in [1.807, 2.05) is 30.0 Å². The zero-order valence-corrected chi connectivity index (χ0v) is 11.0. The number of carbonyl (C=O) groups is 1. The molecule has 98 valence electrons. The molecule has 5 heteroatoms. The van der Waals surface area contributed by atoms with Crippen LogP contribution >= 0.6 is 0 Å². The second-order valence-corrected chi connectivity index (χ2v) is 4.93. The third kappa shape index (κ3) is 1.69. The van der Waals surface area contributed by atoms with Gasteiger partial charge < -0.3 is 10.6 Å². The van der Waals surface area contributed by atoms with Gasteiger partial charge in [0.1, 0.15) is 5.69 Å². The lowest BCUT2D eigenvalue weighted by Gasteiger charge is -2.22. The Labute approximate surface area is 111 Å². The van der Waals surface area contributed by atoms with Gasteiger partial charge in [0.05, 0.1) is 11.9 Å². The molecule has 0 fully saturated rings. The molecule has 0 radical (unpaired) electrons. The molecule has 1 atom stereocenters. The van der Waals surface area contributed by atoms with Gasteiger partial charge in [0.25, 0.3) is 5.91 Å². The molecule has 0 aliphatic carbocycles. The van der Waals surface area contributed by atoms with E-state index in [9.17, 15) is 4.79 Å². The van der Waals surface area contributed by atoms with E-state index < -0.39 is 0 Å². The zero-order chi connectivity index (χ0) is 13.6. The summed E-state index contributed by atoms with van der Waals surface area (Å²) in [7, 11) is 1.73. The summed E-state index contributed by atoms with van der Waals surface area (Å²) in [5.41, 5.74) is 8.88. The number of carbonyl (C=O) groups excluding carboxylic acids is 1. The third-order valence-corrected chi connectivity index (χ3v) is 3.60. The van der Waals surface area contributed by atoms with E-state index in [1.54, 1.807) is 7.05 Å². The monoisotopic (exact) mass is 256 g/mol. The summed E-state index contributed by atoms with van der Waals surface area (Å²) in [5, 5.41) is 4.03. The number of nitrogens with zero attached hydrogens (tertiary/aromatic N) is 3. The number of rotatable bonds is 1. The topological polar surface area (TPSA) is 64.2 Å². The highest BCUT2D eigenvalue weighted by Gasteiger charge is 2.33. The molecule has 2 heterocycles. The molecule has 0 saturated carbocycles. The SMILES string of the molecule is CC1Cc2ccccc2N1C(=O)c1c(N)cnn1C. The number of para-hydroxylation sites is 1. The van der Waals surface area contributed by atoms with Crippen LogP contribution < -0.4 is 10.6 Å². The van der Waals surface area contributed by atoms with Gasteiger partial charge in [-0.3, -0.25) is 9.48 Å². The van der Waals surface area contributed by atoms with Crippen molar-refractivity contribution in [2.75, 3.05) is 10.6 Å². The molecular formula is C14H16N4O. The van der Waals surface area contributed by atoms with Crippen LogP contribution in [0.1, 0.15) is 23.0 Å². The first-order valence-corrected chi connectivity index (χ1v) is 6.28. The van der Waals surface area contributed by atoms with Crippen LogP contribution in [0, 0.1) is 0 Å². The van der Waals surface area contributed by atoms with Gasteiger partial charge in [-0.2, -0.15) is 5.10 Å². The first kappa shape index (κ1) is 11.8. The Bertz CT molecular complexity index is 627. The van der Waals surface area contributed by atoms with Gasteiger partial charge in [-0.15, -0.1) is 0 Å². The summed E-state index contributed by atoms with van der Waals surface area (Å²) in [4.78, 5) is 14.5. The average Bonchev–Trinajstić information content (AvgIpc) is 2.88. The van der Waals surface area contributed by atoms with E-state index in [0.717, 1.165) is 12.1 Å². The summed E-state index contributed by atoms with van der Waals surface area (Å²) in [6, 6.07) is 8.12. The lowest BCUT2D eigenvalue weighted by molar-refractivity contribution is 0.0973. The van der Waals surface area contributed by atoms with Crippen molar-refractivity contribution in [3.8, 4) is 0 Å². The third-order valence-electron chi connectivity index (χ3n) is 3.60. The minimum absolute atomic E-state index is 0.0880. The fraction of sp³-hybridized carbons (Fsp3) is 0.286. The molecule has 1 aliphatic rings. The summed E-state index contributed by atoms with van der Waals surface area (Å²) < 4.78 is 1.53. The van der Waals surface area contributed by atoms with E-state index >= 15 is 0 Å². The van der Waals surface area contributed by atoms with E-state index in [-0.39, 0.29) is 11.9 Å². The maximum atomic E-state index is 12.7. The number of hydrogen-bond donors (Lipinski definition) is 1. The summed E-state index contributed by atoms with van der Waals surface area (Å²) in [6.45, 7) is 2.05. The second kappa shape index (κ2) is 4.12. The summed E-state index contributed by atoms with van der Waals surface area (Å²) in [6.07, 6.45) is 2.39. The highest BCUT2D eigenvalue weighted by Crippen LogP contribution is 2.33. The number of hydrogen-bond acceptors (Lipinski definition) is 3. The fourth-order valence-electron chi connectivity index (χ4n) is 2.71. The largest absolute Gasteiger partial charge is 0.396 e. The molecule has 0 spiro atoms. The van der Waals surface area contributed by atoms with Crippen molar-refractivity contribution < 1.29 is 4.79 Å². The Kier molecular flexibility index (Phi) is 2.55. The molecule has 5 nitrogen and oxygen atoms in total. The molecule has 0 bridgehead atoms. The van der Waals surface area contributed by atoms with Crippen LogP contribution in [0.5, 0.6) is 0 Å². The minimum atomic E-state index is -0.0880. The van der Waals surface area contributed by atoms with E-state index in [4.69, 9.17) is 5.73 Å². The van der Waals surface area contributed by atoms with Gasteiger partial charge >= 0.3 is 0 Å². The number of benzene rings is 1. The van der Waals surface area contributed by atoms with Gasteiger partial charge in [-0.1, -0.05) is 18.2 Å². The van der Waals surface area contributed by atoms with Crippen molar-refractivity contribution in [2.24, 2.45) is 7.05 Å². The highest BCUT2D eigenvalue weighted by molar-refractivity contribution is 6.09.